The molecule has 1 aliphatic rings. The first-order valence-corrected chi connectivity index (χ1v) is 7.89. The Hall–Kier alpha value is -1.36. The van der Waals surface area contributed by atoms with Crippen LogP contribution in [-0.2, 0) is 23.1 Å². The summed E-state index contributed by atoms with van der Waals surface area (Å²) in [5, 5.41) is 3.40. The van der Waals surface area contributed by atoms with E-state index >= 15 is 0 Å². The fourth-order valence-corrected chi connectivity index (χ4v) is 2.69. The van der Waals surface area contributed by atoms with Gasteiger partial charge in [-0.3, -0.25) is 0 Å². The Labute approximate surface area is 144 Å². The molecular formula is C18H25ClN2O2. The van der Waals surface area contributed by atoms with E-state index in [9.17, 15) is 0 Å². The summed E-state index contributed by atoms with van der Waals surface area (Å²) in [5.74, 6) is 0.731. The maximum absolute atomic E-state index is 5.89. The van der Waals surface area contributed by atoms with Crippen molar-refractivity contribution in [2.24, 2.45) is 0 Å². The average Bonchev–Trinajstić information content (AvgIpc) is 2.97. The number of nitrogens with zero attached hydrogens (tertiary/aromatic N) is 1. The number of hydrogen-bond acceptors (Lipinski definition) is 4. The van der Waals surface area contributed by atoms with Gasteiger partial charge in [0, 0.05) is 12.0 Å². The van der Waals surface area contributed by atoms with E-state index in [0.717, 1.165) is 31.2 Å². The zero-order valence-corrected chi connectivity index (χ0v) is 14.8. The lowest BCUT2D eigenvalue weighted by Crippen LogP contribution is -2.27. The Morgan fingerprint density at radius 1 is 1.26 bits per heavy atom. The first-order chi connectivity index (χ1) is 10.5. The van der Waals surface area contributed by atoms with Gasteiger partial charge in [-0.15, -0.1) is 12.4 Å². The number of oxazole rings is 1. The molecule has 23 heavy (non-hydrogen) atoms. The molecule has 0 aliphatic carbocycles. The van der Waals surface area contributed by atoms with Gasteiger partial charge >= 0.3 is 0 Å². The second-order valence-corrected chi connectivity index (χ2v) is 6.82. The smallest absolute Gasteiger partial charge is 0.208 e. The summed E-state index contributed by atoms with van der Waals surface area (Å²) in [4.78, 5) is 4.54. The van der Waals surface area contributed by atoms with Crippen LogP contribution in [0.3, 0.4) is 0 Å². The van der Waals surface area contributed by atoms with Gasteiger partial charge in [-0.1, -0.05) is 45.0 Å². The molecule has 0 saturated heterocycles. The predicted molar refractivity (Wildman–Crippen MR) is 93.0 cm³/mol. The van der Waals surface area contributed by atoms with Crippen molar-refractivity contribution in [3.8, 4) is 0 Å². The third kappa shape index (κ3) is 4.34. The van der Waals surface area contributed by atoms with Gasteiger partial charge in [-0.25, -0.2) is 4.98 Å². The maximum atomic E-state index is 5.89. The van der Waals surface area contributed by atoms with Gasteiger partial charge in [0.2, 0.25) is 5.89 Å². The third-order valence-electron chi connectivity index (χ3n) is 4.02. The van der Waals surface area contributed by atoms with Crippen LogP contribution in [0.1, 0.15) is 49.6 Å². The Morgan fingerprint density at radius 3 is 2.78 bits per heavy atom. The lowest BCUT2D eigenvalue weighted by atomic mass is 9.93. The summed E-state index contributed by atoms with van der Waals surface area (Å²) in [6.45, 7) is 8.58. The average molecular weight is 337 g/mol. The molecule has 0 fully saturated rings. The number of fused-ring (bicyclic) bond motifs is 1. The fourth-order valence-electron chi connectivity index (χ4n) is 2.69. The molecule has 0 radical (unpaired) electrons. The Balaban J connectivity index is 0.00000192. The van der Waals surface area contributed by atoms with Crippen LogP contribution in [0.5, 0.6) is 0 Å². The molecule has 1 N–H and O–H groups in total. The van der Waals surface area contributed by atoms with E-state index in [-0.39, 0.29) is 23.9 Å². The molecule has 0 saturated carbocycles. The van der Waals surface area contributed by atoms with Crippen molar-refractivity contribution in [2.75, 3.05) is 13.2 Å². The molecular weight excluding hydrogens is 312 g/mol. The molecule has 0 bridgehead atoms. The number of nitrogens with one attached hydrogen (secondary N) is 1. The summed E-state index contributed by atoms with van der Waals surface area (Å²) in [6, 6.07) is 8.51. The van der Waals surface area contributed by atoms with E-state index in [1.165, 1.54) is 11.1 Å². The largest absolute Gasteiger partial charge is 0.447 e. The minimum Gasteiger partial charge on any atom is -0.447 e. The second-order valence-electron chi connectivity index (χ2n) is 6.82. The van der Waals surface area contributed by atoms with Crippen LogP contribution in [0.25, 0.3) is 0 Å². The third-order valence-corrected chi connectivity index (χ3v) is 4.02. The predicted octanol–water partition coefficient (Wildman–Crippen LogP) is 3.80. The summed E-state index contributed by atoms with van der Waals surface area (Å²) < 4.78 is 11.4. The molecule has 1 unspecified atom stereocenters. The minimum atomic E-state index is 0. The molecule has 1 aliphatic heterocycles. The monoisotopic (exact) mass is 336 g/mol. The topological polar surface area (TPSA) is 47.3 Å². The fraction of sp³-hybridized carbons (Fsp3) is 0.500. The number of benzene rings is 1. The first kappa shape index (κ1) is 18.0. The summed E-state index contributed by atoms with van der Waals surface area (Å²) in [5.41, 5.74) is 3.70. The van der Waals surface area contributed by atoms with Gasteiger partial charge in [-0.2, -0.15) is 0 Å². The maximum Gasteiger partial charge on any atom is 0.208 e. The highest BCUT2D eigenvalue weighted by atomic mass is 35.5. The molecule has 3 rings (SSSR count). The summed E-state index contributed by atoms with van der Waals surface area (Å²) in [7, 11) is 0. The lowest BCUT2D eigenvalue weighted by Gasteiger charge is -2.26. The normalized spacial score (nSPS) is 17.4. The molecule has 126 valence electrons. The highest BCUT2D eigenvalue weighted by molar-refractivity contribution is 5.85. The van der Waals surface area contributed by atoms with E-state index < -0.39 is 0 Å². The van der Waals surface area contributed by atoms with Crippen LogP contribution in [0, 0.1) is 0 Å². The van der Waals surface area contributed by atoms with Gasteiger partial charge in [-0.05, 0) is 17.5 Å². The lowest BCUT2D eigenvalue weighted by molar-refractivity contribution is 0.0420. The van der Waals surface area contributed by atoms with Crippen LogP contribution in [-0.4, -0.2) is 18.1 Å². The molecule has 1 aromatic carbocycles. The van der Waals surface area contributed by atoms with E-state index in [1.54, 1.807) is 6.26 Å². The van der Waals surface area contributed by atoms with Gasteiger partial charge in [0.15, 0.2) is 0 Å². The van der Waals surface area contributed by atoms with Crippen LogP contribution >= 0.6 is 12.4 Å². The zero-order chi connectivity index (χ0) is 15.6. The SMILES string of the molecule is CC(C)(C)c1coc(CNCC2OCCc3ccccc32)n1.Cl. The van der Waals surface area contributed by atoms with Crippen molar-refractivity contribution in [1.82, 2.24) is 10.3 Å². The molecule has 5 heteroatoms. The van der Waals surface area contributed by atoms with Crippen LogP contribution in [0.15, 0.2) is 34.9 Å². The number of hydrogen-bond donors (Lipinski definition) is 1. The Kier molecular flexibility index (Phi) is 5.84. The molecule has 1 aromatic heterocycles. The van der Waals surface area contributed by atoms with Crippen molar-refractivity contribution in [3.05, 3.63) is 53.2 Å². The van der Waals surface area contributed by atoms with E-state index in [0.29, 0.717) is 6.54 Å². The van der Waals surface area contributed by atoms with E-state index in [4.69, 9.17) is 9.15 Å². The second kappa shape index (κ2) is 7.47. The van der Waals surface area contributed by atoms with Gasteiger partial charge in [0.05, 0.1) is 24.9 Å². The molecule has 2 heterocycles. The number of halogens is 1. The van der Waals surface area contributed by atoms with Crippen molar-refractivity contribution in [1.29, 1.82) is 0 Å². The minimum absolute atomic E-state index is 0. The van der Waals surface area contributed by atoms with Gasteiger partial charge in [0.25, 0.3) is 0 Å². The van der Waals surface area contributed by atoms with Crippen LogP contribution < -0.4 is 5.32 Å². The molecule has 0 amide bonds. The summed E-state index contributed by atoms with van der Waals surface area (Å²) >= 11 is 0. The molecule has 0 spiro atoms. The first-order valence-electron chi connectivity index (χ1n) is 7.89. The number of aromatic nitrogens is 1. The Morgan fingerprint density at radius 2 is 2.04 bits per heavy atom. The molecule has 4 nitrogen and oxygen atoms in total. The van der Waals surface area contributed by atoms with E-state index in [1.807, 2.05) is 0 Å². The number of rotatable bonds is 4. The highest BCUT2D eigenvalue weighted by Gasteiger charge is 2.21. The Bertz CT molecular complexity index is 634. The number of ether oxygens (including phenoxy) is 1. The van der Waals surface area contributed by atoms with Crippen LogP contribution in [0.2, 0.25) is 0 Å². The zero-order valence-electron chi connectivity index (χ0n) is 14.0. The van der Waals surface area contributed by atoms with Crippen molar-refractivity contribution < 1.29 is 9.15 Å². The quantitative estimate of drug-likeness (QED) is 0.922. The van der Waals surface area contributed by atoms with E-state index in [2.05, 4.69) is 55.3 Å². The summed E-state index contributed by atoms with van der Waals surface area (Å²) in [6.07, 6.45) is 2.87. The molecule has 1 atom stereocenters. The van der Waals surface area contributed by atoms with Gasteiger partial charge < -0.3 is 14.5 Å². The molecule has 2 aromatic rings. The van der Waals surface area contributed by atoms with Crippen molar-refractivity contribution >= 4 is 12.4 Å². The van der Waals surface area contributed by atoms with Gasteiger partial charge in [0.1, 0.15) is 6.26 Å². The van der Waals surface area contributed by atoms with Crippen molar-refractivity contribution in [3.63, 3.8) is 0 Å². The highest BCUT2D eigenvalue weighted by Crippen LogP contribution is 2.26. The van der Waals surface area contributed by atoms with Crippen LogP contribution in [0.4, 0.5) is 0 Å². The standard InChI is InChI=1S/C18H24N2O2.ClH/c1-18(2,3)16-12-22-17(20-16)11-19-10-15-14-7-5-4-6-13(14)8-9-21-15;/h4-7,12,15,19H,8-11H2,1-3H3;1H. The van der Waals surface area contributed by atoms with Crippen molar-refractivity contribution in [2.45, 2.75) is 45.3 Å².